The van der Waals surface area contributed by atoms with Crippen LogP contribution in [0.15, 0.2) is 35.0 Å². The molecule has 3 heterocycles. The van der Waals surface area contributed by atoms with Crippen LogP contribution in [-0.2, 0) is 4.74 Å². The third-order valence-electron chi connectivity index (χ3n) is 2.05. The maximum absolute atomic E-state index is 5.50. The molecule has 0 bridgehead atoms. The maximum Gasteiger partial charge on any atom is 0.226 e. The van der Waals surface area contributed by atoms with Crippen molar-refractivity contribution in [3.05, 3.63) is 36.5 Å². The van der Waals surface area contributed by atoms with Crippen LogP contribution in [0.2, 0.25) is 0 Å². The Morgan fingerprint density at radius 2 is 2.21 bits per heavy atom. The summed E-state index contributed by atoms with van der Waals surface area (Å²) in [5.41, 5.74) is 0.798. The minimum Gasteiger partial charge on any atom is -0.436 e. The summed E-state index contributed by atoms with van der Waals surface area (Å²) < 4.78 is 10.6. The Morgan fingerprint density at radius 3 is 2.93 bits per heavy atom. The molecule has 1 fully saturated rings. The highest BCUT2D eigenvalue weighted by molar-refractivity contribution is 5.49. The molecule has 0 amide bonds. The fourth-order valence-electron chi connectivity index (χ4n) is 1.25. The molecule has 4 nitrogen and oxygen atoms in total. The molecular formula is C10H8N2O2. The van der Waals surface area contributed by atoms with E-state index in [9.17, 15) is 0 Å². The van der Waals surface area contributed by atoms with Gasteiger partial charge in [0.2, 0.25) is 5.89 Å². The van der Waals surface area contributed by atoms with Crippen molar-refractivity contribution < 1.29 is 9.15 Å². The molecule has 0 unspecified atom stereocenters. The molecule has 0 aliphatic carbocycles. The van der Waals surface area contributed by atoms with E-state index in [1.807, 2.05) is 18.2 Å². The van der Waals surface area contributed by atoms with Gasteiger partial charge in [-0.25, -0.2) is 4.98 Å². The Bertz CT molecular complexity index is 434. The highest BCUT2D eigenvalue weighted by Crippen LogP contribution is 2.31. The van der Waals surface area contributed by atoms with E-state index >= 15 is 0 Å². The first kappa shape index (κ1) is 7.70. The van der Waals surface area contributed by atoms with Gasteiger partial charge in [-0.3, -0.25) is 4.98 Å². The van der Waals surface area contributed by atoms with E-state index in [1.54, 1.807) is 12.4 Å². The topological polar surface area (TPSA) is 51.5 Å². The van der Waals surface area contributed by atoms with Crippen LogP contribution in [0.4, 0.5) is 0 Å². The molecule has 0 N–H and O–H groups in total. The van der Waals surface area contributed by atoms with Gasteiger partial charge < -0.3 is 9.15 Å². The first-order valence-corrected chi connectivity index (χ1v) is 4.42. The molecule has 1 atom stereocenters. The fraction of sp³-hybridized carbons (Fsp3) is 0.200. The third kappa shape index (κ3) is 1.29. The van der Waals surface area contributed by atoms with E-state index in [4.69, 9.17) is 9.15 Å². The van der Waals surface area contributed by atoms with Gasteiger partial charge in [-0.2, -0.15) is 0 Å². The normalized spacial score (nSPS) is 19.6. The molecular weight excluding hydrogens is 180 g/mol. The summed E-state index contributed by atoms with van der Waals surface area (Å²) in [4.78, 5) is 8.29. The first-order chi connectivity index (χ1) is 6.93. The van der Waals surface area contributed by atoms with Gasteiger partial charge in [-0.15, -0.1) is 0 Å². The molecule has 0 aromatic carbocycles. The average molecular weight is 188 g/mol. The van der Waals surface area contributed by atoms with Gasteiger partial charge in [0.1, 0.15) is 5.69 Å². The monoisotopic (exact) mass is 188 g/mol. The van der Waals surface area contributed by atoms with E-state index in [0.29, 0.717) is 18.3 Å². The lowest BCUT2D eigenvalue weighted by Gasteiger charge is -1.92. The van der Waals surface area contributed by atoms with E-state index in [1.165, 1.54) is 0 Å². The minimum absolute atomic E-state index is 0.0625. The van der Waals surface area contributed by atoms with Crippen LogP contribution >= 0.6 is 0 Å². The summed E-state index contributed by atoms with van der Waals surface area (Å²) in [6, 6.07) is 5.67. The van der Waals surface area contributed by atoms with Crippen molar-refractivity contribution in [1.29, 1.82) is 0 Å². The second-order valence-electron chi connectivity index (χ2n) is 3.10. The van der Waals surface area contributed by atoms with E-state index in [0.717, 1.165) is 5.69 Å². The number of aromatic nitrogens is 2. The number of rotatable bonds is 2. The Labute approximate surface area is 80.6 Å². The highest BCUT2D eigenvalue weighted by atomic mass is 16.6. The molecule has 3 rings (SSSR count). The third-order valence-corrected chi connectivity index (χ3v) is 2.05. The largest absolute Gasteiger partial charge is 0.436 e. The van der Waals surface area contributed by atoms with E-state index in [-0.39, 0.29) is 6.10 Å². The predicted molar refractivity (Wildman–Crippen MR) is 48.4 cm³/mol. The molecule has 14 heavy (non-hydrogen) atoms. The molecule has 0 radical (unpaired) electrons. The van der Waals surface area contributed by atoms with Crippen LogP contribution in [0.5, 0.6) is 0 Å². The summed E-state index contributed by atoms with van der Waals surface area (Å²) in [6.07, 6.45) is 3.47. The van der Waals surface area contributed by atoms with Crippen LogP contribution < -0.4 is 0 Å². The van der Waals surface area contributed by atoms with Crippen LogP contribution in [-0.4, -0.2) is 16.6 Å². The van der Waals surface area contributed by atoms with Crippen molar-refractivity contribution in [2.75, 3.05) is 6.61 Å². The highest BCUT2D eigenvalue weighted by Gasteiger charge is 2.30. The number of hydrogen-bond donors (Lipinski definition) is 0. The van der Waals surface area contributed by atoms with Gasteiger partial charge in [-0.05, 0) is 12.1 Å². The second kappa shape index (κ2) is 2.92. The van der Waals surface area contributed by atoms with Gasteiger partial charge in [0, 0.05) is 6.20 Å². The van der Waals surface area contributed by atoms with Gasteiger partial charge in [0.25, 0.3) is 0 Å². The van der Waals surface area contributed by atoms with E-state index in [2.05, 4.69) is 9.97 Å². The second-order valence-corrected chi connectivity index (χ2v) is 3.10. The lowest BCUT2D eigenvalue weighted by molar-refractivity contribution is 0.364. The lowest BCUT2D eigenvalue weighted by Crippen LogP contribution is -1.78. The molecule has 1 saturated heterocycles. The van der Waals surface area contributed by atoms with Gasteiger partial charge in [0.05, 0.1) is 12.8 Å². The van der Waals surface area contributed by atoms with E-state index < -0.39 is 0 Å². The zero-order chi connectivity index (χ0) is 9.38. The average Bonchev–Trinajstić information content (AvgIpc) is 2.98. The van der Waals surface area contributed by atoms with Crippen molar-refractivity contribution in [1.82, 2.24) is 9.97 Å². The predicted octanol–water partition coefficient (Wildman–Crippen LogP) is 1.81. The van der Waals surface area contributed by atoms with Crippen LogP contribution in [0.1, 0.15) is 12.0 Å². The lowest BCUT2D eigenvalue weighted by atomic mass is 10.3. The maximum atomic E-state index is 5.50. The molecule has 2 aromatic heterocycles. The standard InChI is InChI=1S/C10H8N2O2/c1-2-4-11-7(3-1)8-5-12-10(14-8)9-6-13-9/h1-5,9H,6H2/t9-/m1/s1. The molecule has 4 heteroatoms. The number of nitrogens with zero attached hydrogens (tertiary/aromatic N) is 2. The molecule has 0 spiro atoms. The molecule has 2 aromatic rings. The zero-order valence-electron chi connectivity index (χ0n) is 7.38. The first-order valence-electron chi connectivity index (χ1n) is 4.42. The summed E-state index contributed by atoms with van der Waals surface area (Å²) in [5.74, 6) is 1.33. The number of epoxide rings is 1. The SMILES string of the molecule is c1ccc(-c2cnc([C@H]3CO3)o2)nc1. The Balaban J connectivity index is 1.96. The summed E-state index contributed by atoms with van der Waals surface area (Å²) in [7, 11) is 0. The summed E-state index contributed by atoms with van der Waals surface area (Å²) in [5, 5.41) is 0. The van der Waals surface area contributed by atoms with Crippen LogP contribution in [0.25, 0.3) is 11.5 Å². The fourth-order valence-corrected chi connectivity index (χ4v) is 1.25. The number of pyridine rings is 1. The smallest absolute Gasteiger partial charge is 0.226 e. The number of ether oxygens (including phenoxy) is 1. The minimum atomic E-state index is 0.0625. The van der Waals surface area contributed by atoms with Crippen molar-refractivity contribution in [3.8, 4) is 11.5 Å². The Morgan fingerprint density at radius 1 is 1.29 bits per heavy atom. The van der Waals surface area contributed by atoms with Gasteiger partial charge in [-0.1, -0.05) is 6.07 Å². The van der Waals surface area contributed by atoms with Crippen molar-refractivity contribution in [2.24, 2.45) is 0 Å². The molecule has 1 aliphatic rings. The molecule has 0 saturated carbocycles. The van der Waals surface area contributed by atoms with Crippen molar-refractivity contribution >= 4 is 0 Å². The van der Waals surface area contributed by atoms with Gasteiger partial charge in [0.15, 0.2) is 11.9 Å². The van der Waals surface area contributed by atoms with Crippen molar-refractivity contribution in [3.63, 3.8) is 0 Å². The van der Waals surface area contributed by atoms with Crippen LogP contribution in [0, 0.1) is 0 Å². The quantitative estimate of drug-likeness (QED) is 0.674. The summed E-state index contributed by atoms with van der Waals surface area (Å²) in [6.45, 7) is 0.710. The Kier molecular flexibility index (Phi) is 1.61. The van der Waals surface area contributed by atoms with Crippen molar-refractivity contribution in [2.45, 2.75) is 6.10 Å². The molecule has 70 valence electrons. The zero-order valence-corrected chi connectivity index (χ0v) is 7.38. The van der Waals surface area contributed by atoms with Crippen LogP contribution in [0.3, 0.4) is 0 Å². The number of oxazole rings is 1. The summed E-state index contributed by atoms with van der Waals surface area (Å²) >= 11 is 0. The van der Waals surface area contributed by atoms with Gasteiger partial charge >= 0.3 is 0 Å². The molecule has 1 aliphatic heterocycles. The number of hydrogen-bond acceptors (Lipinski definition) is 4. The Hall–Kier alpha value is -1.68.